The molecule has 228 valence electrons. The lowest BCUT2D eigenvalue weighted by Crippen LogP contribution is -2.57. The van der Waals surface area contributed by atoms with Gasteiger partial charge in [0.2, 0.25) is 0 Å². The number of rotatable bonds is 7. The number of nitrogens with two attached hydrogens (primary N) is 1. The van der Waals surface area contributed by atoms with Crippen molar-refractivity contribution in [3.05, 3.63) is 59.3 Å². The Balaban J connectivity index is 1.31. The zero-order chi connectivity index (χ0) is 30.3. The van der Waals surface area contributed by atoms with Crippen molar-refractivity contribution in [3.8, 4) is 6.01 Å². The molecule has 4 aliphatic rings. The summed E-state index contributed by atoms with van der Waals surface area (Å²) in [5, 5.41) is 8.03. The molecule has 1 unspecified atom stereocenters. The fourth-order valence-corrected chi connectivity index (χ4v) is 6.96. The van der Waals surface area contributed by atoms with Crippen molar-refractivity contribution in [1.29, 1.82) is 5.41 Å². The van der Waals surface area contributed by atoms with E-state index < -0.39 is 17.3 Å². The van der Waals surface area contributed by atoms with E-state index in [0.717, 1.165) is 59.7 Å². The lowest BCUT2D eigenvalue weighted by molar-refractivity contribution is -0.132. The summed E-state index contributed by atoms with van der Waals surface area (Å²) >= 11 is 0. The summed E-state index contributed by atoms with van der Waals surface area (Å²) < 4.78 is 19.9. The Kier molecular flexibility index (Phi) is 7.85. The molecule has 11 heteroatoms. The molecule has 1 amide bonds. The highest BCUT2D eigenvalue weighted by atomic mass is 19.1. The summed E-state index contributed by atoms with van der Waals surface area (Å²) in [5.41, 5.74) is 11.2. The molecule has 1 spiro atoms. The molecule has 3 N–H and O–H groups in total. The first-order valence-electron chi connectivity index (χ1n) is 15.2. The molecule has 43 heavy (non-hydrogen) atoms. The number of nitrogens with one attached hydrogen (secondary N) is 1. The number of carbonyl (C=O) groups excluding carboxylic acids is 1. The Hall–Kier alpha value is -3.99. The van der Waals surface area contributed by atoms with Gasteiger partial charge in [-0.2, -0.15) is 9.97 Å². The third-order valence-corrected chi connectivity index (χ3v) is 9.52. The van der Waals surface area contributed by atoms with E-state index in [1.54, 1.807) is 11.2 Å². The van der Waals surface area contributed by atoms with E-state index >= 15 is 0 Å². The Bertz CT molecular complexity index is 1470. The molecule has 3 fully saturated rings. The molecule has 2 saturated heterocycles. The summed E-state index contributed by atoms with van der Waals surface area (Å²) in [6, 6.07) is 4.50. The fourth-order valence-electron chi connectivity index (χ4n) is 6.96. The Morgan fingerprint density at radius 2 is 1.95 bits per heavy atom. The Morgan fingerprint density at radius 3 is 2.65 bits per heavy atom. The number of nitrogen functional groups attached to an aromatic ring is 1. The van der Waals surface area contributed by atoms with Crippen molar-refractivity contribution in [3.63, 3.8) is 0 Å². The third kappa shape index (κ3) is 5.58. The highest BCUT2D eigenvalue weighted by Crippen LogP contribution is 2.46. The first-order valence-corrected chi connectivity index (χ1v) is 15.2. The van der Waals surface area contributed by atoms with E-state index in [1.807, 2.05) is 19.1 Å². The average molecular weight is 589 g/mol. The van der Waals surface area contributed by atoms with Crippen molar-refractivity contribution < 1.29 is 13.9 Å². The number of likely N-dealkylation sites (tertiary alicyclic amines) is 1. The van der Waals surface area contributed by atoms with Gasteiger partial charge in [-0.3, -0.25) is 9.69 Å². The van der Waals surface area contributed by atoms with Crippen LogP contribution in [0.3, 0.4) is 0 Å². The van der Waals surface area contributed by atoms with Crippen LogP contribution < -0.4 is 20.3 Å². The van der Waals surface area contributed by atoms with Crippen molar-refractivity contribution in [2.75, 3.05) is 61.8 Å². The van der Waals surface area contributed by atoms with E-state index in [1.165, 1.54) is 12.6 Å². The molecule has 1 aromatic heterocycles. The molecule has 1 atom stereocenters. The second-order valence-corrected chi connectivity index (χ2v) is 12.3. The van der Waals surface area contributed by atoms with Crippen molar-refractivity contribution in [2.45, 2.75) is 57.0 Å². The molecule has 0 bridgehead atoms. The number of amides is 1. The second-order valence-electron chi connectivity index (χ2n) is 12.3. The van der Waals surface area contributed by atoms with Gasteiger partial charge in [0.1, 0.15) is 5.82 Å². The van der Waals surface area contributed by atoms with Gasteiger partial charge in [0, 0.05) is 68.2 Å². The second kappa shape index (κ2) is 11.6. The molecule has 6 rings (SSSR count). The molecule has 1 saturated carbocycles. The van der Waals surface area contributed by atoms with E-state index in [-0.39, 0.29) is 0 Å². The quantitative estimate of drug-likeness (QED) is 0.218. The maximum atomic E-state index is 13.9. The number of aryl methyl sites for hydroxylation is 1. The van der Waals surface area contributed by atoms with E-state index in [2.05, 4.69) is 34.4 Å². The van der Waals surface area contributed by atoms with Crippen LogP contribution in [0, 0.1) is 12.3 Å². The highest BCUT2D eigenvalue weighted by Gasteiger charge is 2.54. The number of carbonyl (C=O) groups is 1. The number of likely N-dealkylation sites (N-methyl/N-ethyl adjacent to an activating group) is 1. The molecule has 4 heterocycles. The van der Waals surface area contributed by atoms with Gasteiger partial charge < -0.3 is 30.6 Å². The number of hydrogen-bond acceptors (Lipinski definition) is 9. The van der Waals surface area contributed by atoms with Crippen LogP contribution in [0.1, 0.15) is 48.1 Å². The minimum Gasteiger partial charge on any atom is -0.432 e. The van der Waals surface area contributed by atoms with Gasteiger partial charge in [-0.1, -0.05) is 12.6 Å². The van der Waals surface area contributed by atoms with Gasteiger partial charge in [0.05, 0.1) is 23.2 Å². The monoisotopic (exact) mass is 588 g/mol. The number of halogens is 1. The first kappa shape index (κ1) is 29.1. The molecular weight excluding hydrogens is 547 g/mol. The maximum absolute atomic E-state index is 13.9. The summed E-state index contributed by atoms with van der Waals surface area (Å²) in [6.45, 7) is 9.31. The lowest BCUT2D eigenvalue weighted by Gasteiger charge is -2.43. The number of anilines is 3. The number of piperazine rings is 1. The molecule has 1 aromatic carbocycles. The van der Waals surface area contributed by atoms with E-state index in [0.29, 0.717) is 63.3 Å². The Morgan fingerprint density at radius 1 is 1.16 bits per heavy atom. The van der Waals surface area contributed by atoms with Crippen molar-refractivity contribution >= 4 is 29.3 Å². The van der Waals surface area contributed by atoms with E-state index in [9.17, 15) is 9.18 Å². The summed E-state index contributed by atoms with van der Waals surface area (Å²) in [4.78, 5) is 30.9. The standard InChI is InChI=1S/C32H41FN8O2/c1-21-6-7-26(35)25(19-34)28(21)39-14-8-24-27(9-15-39)36-31(43-18-10-23-5-4-13-38(23)3)37-29(24)40-16-17-41(30(42)22(2)33)32(20-40)11-12-32/h6-7,10,18-19,23,34H,2,4-5,8-9,11-17,20,35H2,1,3H3/b18-10+,34-19?. The van der Waals surface area contributed by atoms with Crippen LogP contribution in [-0.2, 0) is 17.6 Å². The number of nitrogens with zero attached hydrogens (tertiary/aromatic N) is 6. The summed E-state index contributed by atoms with van der Waals surface area (Å²) in [6.07, 6.45) is 10.4. The predicted octanol–water partition coefficient (Wildman–Crippen LogP) is 3.62. The smallest absolute Gasteiger partial charge is 0.323 e. The SMILES string of the molecule is C=C(F)C(=O)N1CCN(c2nc(O/C=C/C3CCCN3C)nc3c2CCN(c2c(C)ccc(N)c2C=N)CC3)CC12CC2. The van der Waals surface area contributed by atoms with Gasteiger partial charge >= 0.3 is 6.01 Å². The normalized spacial score (nSPS) is 21.7. The maximum Gasteiger partial charge on any atom is 0.323 e. The van der Waals surface area contributed by atoms with Crippen LogP contribution >= 0.6 is 0 Å². The molecular formula is C32H41FN8O2. The number of benzene rings is 1. The summed E-state index contributed by atoms with van der Waals surface area (Å²) in [7, 11) is 2.12. The van der Waals surface area contributed by atoms with Crippen LogP contribution in [0.5, 0.6) is 6.01 Å². The van der Waals surface area contributed by atoms with Crippen LogP contribution in [0.25, 0.3) is 0 Å². The predicted molar refractivity (Wildman–Crippen MR) is 167 cm³/mol. The number of aromatic nitrogens is 2. The van der Waals surface area contributed by atoms with Gasteiger partial charge in [-0.15, -0.1) is 0 Å². The fraction of sp³-hybridized carbons (Fsp3) is 0.500. The number of ether oxygens (including phenoxy) is 1. The molecule has 0 radical (unpaired) electrons. The zero-order valence-corrected chi connectivity index (χ0v) is 25.1. The molecule has 2 aromatic rings. The van der Waals surface area contributed by atoms with E-state index in [4.69, 9.17) is 25.8 Å². The van der Waals surface area contributed by atoms with Gasteiger partial charge in [-0.05, 0) is 70.3 Å². The van der Waals surface area contributed by atoms with Crippen molar-refractivity contribution in [2.24, 2.45) is 0 Å². The first-order chi connectivity index (χ1) is 20.7. The van der Waals surface area contributed by atoms with Crippen molar-refractivity contribution in [1.82, 2.24) is 19.8 Å². The van der Waals surface area contributed by atoms with Crippen LogP contribution in [0.4, 0.5) is 21.6 Å². The minimum atomic E-state index is -0.910. The topological polar surface area (TPSA) is 115 Å². The largest absolute Gasteiger partial charge is 0.432 e. The average Bonchev–Trinajstić information content (AvgIpc) is 3.69. The van der Waals surface area contributed by atoms with Gasteiger partial charge in [0.15, 0.2) is 5.83 Å². The van der Waals surface area contributed by atoms with Crippen LogP contribution in [0.2, 0.25) is 0 Å². The number of hydrogen-bond donors (Lipinski definition) is 2. The third-order valence-electron chi connectivity index (χ3n) is 9.52. The van der Waals surface area contributed by atoms with Gasteiger partial charge in [-0.25, -0.2) is 4.39 Å². The molecule has 1 aliphatic carbocycles. The zero-order valence-electron chi connectivity index (χ0n) is 25.1. The highest BCUT2D eigenvalue weighted by molar-refractivity contribution is 5.94. The number of fused-ring (bicyclic) bond motifs is 1. The molecule has 10 nitrogen and oxygen atoms in total. The lowest BCUT2D eigenvalue weighted by atomic mass is 10.0. The Labute approximate surface area is 252 Å². The molecule has 3 aliphatic heterocycles. The van der Waals surface area contributed by atoms with Crippen LogP contribution in [-0.4, -0.2) is 89.8 Å². The van der Waals surface area contributed by atoms with Gasteiger partial charge in [0.25, 0.3) is 5.91 Å². The minimum absolute atomic E-state index is 0.305. The summed E-state index contributed by atoms with van der Waals surface area (Å²) in [5.74, 6) is -0.700. The van der Waals surface area contributed by atoms with Crippen LogP contribution in [0.15, 0.2) is 36.9 Å².